The van der Waals surface area contributed by atoms with Gasteiger partial charge in [0, 0.05) is 6.07 Å². The van der Waals surface area contributed by atoms with E-state index in [4.69, 9.17) is 16.0 Å². The van der Waals surface area contributed by atoms with Crippen molar-refractivity contribution < 1.29 is 4.52 Å². The van der Waals surface area contributed by atoms with Crippen molar-refractivity contribution in [1.29, 1.82) is 0 Å². The molecule has 1 heterocycles. The summed E-state index contributed by atoms with van der Waals surface area (Å²) >= 11 is 0. The van der Waals surface area contributed by atoms with Crippen LogP contribution in [0.4, 0.5) is 5.88 Å². The Bertz CT molecular complexity index is 221. The molecule has 0 aliphatic carbocycles. The molecule has 0 aromatic carbocycles. The van der Waals surface area contributed by atoms with Crippen LogP contribution in [0.1, 0.15) is 12.6 Å². The first-order valence-electron chi connectivity index (χ1n) is 3.63. The average Bonchev–Trinajstić information content (AvgIpc) is 2.35. The summed E-state index contributed by atoms with van der Waals surface area (Å²) in [5, 5.41) is 3.75. The van der Waals surface area contributed by atoms with Crippen molar-refractivity contribution in [3.63, 3.8) is 0 Å². The molecule has 4 N–H and O–H groups in total. The number of nitrogens with zero attached hydrogens (tertiary/aromatic N) is 1. The van der Waals surface area contributed by atoms with Crippen molar-refractivity contribution >= 4 is 5.88 Å². The molecular weight excluding hydrogens is 142 g/mol. The van der Waals surface area contributed by atoms with Gasteiger partial charge < -0.3 is 16.0 Å². The Morgan fingerprint density at radius 1 is 1.73 bits per heavy atom. The van der Waals surface area contributed by atoms with Crippen molar-refractivity contribution in [2.45, 2.75) is 13.3 Å². The molecule has 0 spiro atoms. The van der Waals surface area contributed by atoms with Crippen LogP contribution in [0.25, 0.3) is 0 Å². The van der Waals surface area contributed by atoms with Crippen LogP contribution in [0.5, 0.6) is 0 Å². The highest BCUT2D eigenvalue weighted by atomic mass is 16.5. The van der Waals surface area contributed by atoms with Gasteiger partial charge in [0.2, 0.25) is 5.88 Å². The lowest BCUT2D eigenvalue weighted by atomic mass is 10.1. The summed E-state index contributed by atoms with van der Waals surface area (Å²) in [6.07, 6.45) is 0.831. The van der Waals surface area contributed by atoms with E-state index in [1.165, 1.54) is 0 Å². The van der Waals surface area contributed by atoms with Gasteiger partial charge >= 0.3 is 0 Å². The van der Waals surface area contributed by atoms with E-state index in [1.807, 2.05) is 0 Å². The number of nitrogens with two attached hydrogens (primary N) is 2. The second-order valence-electron chi connectivity index (χ2n) is 2.77. The van der Waals surface area contributed by atoms with Crippen molar-refractivity contribution in [3.05, 3.63) is 11.8 Å². The highest BCUT2D eigenvalue weighted by Crippen LogP contribution is 2.09. The topological polar surface area (TPSA) is 78.1 Å². The SMILES string of the molecule is CC(CN)Cc1cc(N)on1. The van der Waals surface area contributed by atoms with Crippen LogP contribution in [0.15, 0.2) is 10.6 Å². The van der Waals surface area contributed by atoms with Crippen LogP contribution in [0.2, 0.25) is 0 Å². The molecule has 1 aromatic rings. The van der Waals surface area contributed by atoms with E-state index in [0.717, 1.165) is 12.1 Å². The third-order valence-electron chi connectivity index (χ3n) is 1.54. The molecule has 1 unspecified atom stereocenters. The molecule has 0 aliphatic heterocycles. The number of hydrogen-bond acceptors (Lipinski definition) is 4. The standard InChI is InChI=1S/C7H13N3O/c1-5(4-8)2-6-3-7(9)11-10-6/h3,5H,2,4,8-9H2,1H3. The van der Waals surface area contributed by atoms with E-state index in [-0.39, 0.29) is 0 Å². The van der Waals surface area contributed by atoms with Crippen LogP contribution >= 0.6 is 0 Å². The van der Waals surface area contributed by atoms with Crippen LogP contribution in [0.3, 0.4) is 0 Å². The van der Waals surface area contributed by atoms with Gasteiger partial charge in [-0.25, -0.2) is 0 Å². The number of hydrogen-bond donors (Lipinski definition) is 2. The van der Waals surface area contributed by atoms with Gasteiger partial charge in [-0.05, 0) is 18.9 Å². The Morgan fingerprint density at radius 2 is 2.45 bits per heavy atom. The Hall–Kier alpha value is -1.03. The second-order valence-corrected chi connectivity index (χ2v) is 2.77. The summed E-state index contributed by atoms with van der Waals surface area (Å²) in [4.78, 5) is 0. The van der Waals surface area contributed by atoms with Crippen molar-refractivity contribution in [2.24, 2.45) is 11.7 Å². The predicted octanol–water partition coefficient (Wildman–Crippen LogP) is 0.394. The minimum absolute atomic E-state index is 0.365. The molecule has 1 rings (SSSR count). The van der Waals surface area contributed by atoms with Gasteiger partial charge in [0.1, 0.15) is 0 Å². The number of anilines is 1. The van der Waals surface area contributed by atoms with Crippen LogP contribution in [0, 0.1) is 5.92 Å². The number of nitrogen functional groups attached to an aromatic ring is 1. The molecule has 0 aliphatic rings. The van der Waals surface area contributed by atoms with E-state index in [9.17, 15) is 0 Å². The van der Waals surface area contributed by atoms with Gasteiger partial charge in [-0.2, -0.15) is 0 Å². The Kier molecular flexibility index (Phi) is 2.48. The van der Waals surface area contributed by atoms with E-state index in [2.05, 4.69) is 12.1 Å². The van der Waals surface area contributed by atoms with Crippen molar-refractivity contribution in [1.82, 2.24) is 5.16 Å². The van der Waals surface area contributed by atoms with Gasteiger partial charge in [-0.3, -0.25) is 0 Å². The molecule has 1 atom stereocenters. The van der Waals surface area contributed by atoms with Crippen LogP contribution in [-0.2, 0) is 6.42 Å². The smallest absolute Gasteiger partial charge is 0.222 e. The van der Waals surface area contributed by atoms with Crippen LogP contribution in [-0.4, -0.2) is 11.7 Å². The molecule has 0 radical (unpaired) electrons. The zero-order valence-electron chi connectivity index (χ0n) is 6.58. The zero-order valence-corrected chi connectivity index (χ0v) is 6.58. The highest BCUT2D eigenvalue weighted by Gasteiger charge is 2.05. The highest BCUT2D eigenvalue weighted by molar-refractivity contribution is 5.24. The Balaban J connectivity index is 2.50. The molecule has 0 bridgehead atoms. The van der Waals surface area contributed by atoms with Crippen molar-refractivity contribution in [2.75, 3.05) is 12.3 Å². The first-order chi connectivity index (χ1) is 5.22. The lowest BCUT2D eigenvalue weighted by Crippen LogP contribution is -2.13. The molecular formula is C7H13N3O. The maximum absolute atomic E-state index is 5.44. The molecule has 0 fully saturated rings. The van der Waals surface area contributed by atoms with E-state index >= 15 is 0 Å². The van der Waals surface area contributed by atoms with Crippen molar-refractivity contribution in [3.8, 4) is 0 Å². The maximum Gasteiger partial charge on any atom is 0.222 e. The summed E-state index contributed by atoms with van der Waals surface area (Å²) in [5.41, 5.74) is 11.6. The summed E-state index contributed by atoms with van der Waals surface area (Å²) in [6, 6.07) is 1.73. The number of rotatable bonds is 3. The second kappa shape index (κ2) is 3.39. The average molecular weight is 155 g/mol. The summed E-state index contributed by atoms with van der Waals surface area (Å²) in [6.45, 7) is 2.72. The maximum atomic E-state index is 5.44. The minimum Gasteiger partial charge on any atom is -0.368 e. The molecule has 11 heavy (non-hydrogen) atoms. The molecule has 4 nitrogen and oxygen atoms in total. The molecule has 0 saturated carbocycles. The molecule has 0 saturated heterocycles. The van der Waals surface area contributed by atoms with E-state index < -0.39 is 0 Å². The number of aromatic nitrogens is 1. The van der Waals surface area contributed by atoms with E-state index in [0.29, 0.717) is 18.3 Å². The van der Waals surface area contributed by atoms with Crippen LogP contribution < -0.4 is 11.5 Å². The summed E-state index contributed by atoms with van der Waals surface area (Å²) < 4.78 is 4.70. The van der Waals surface area contributed by atoms with E-state index in [1.54, 1.807) is 6.07 Å². The quantitative estimate of drug-likeness (QED) is 0.662. The largest absolute Gasteiger partial charge is 0.368 e. The van der Waals surface area contributed by atoms with Gasteiger partial charge in [-0.1, -0.05) is 12.1 Å². The van der Waals surface area contributed by atoms with Gasteiger partial charge in [0.15, 0.2) is 0 Å². The molecule has 4 heteroatoms. The first kappa shape index (κ1) is 8.07. The molecule has 0 amide bonds. The fraction of sp³-hybridized carbons (Fsp3) is 0.571. The minimum atomic E-state index is 0.365. The Morgan fingerprint density at radius 3 is 2.91 bits per heavy atom. The third kappa shape index (κ3) is 2.23. The molecule has 62 valence electrons. The summed E-state index contributed by atoms with van der Waals surface area (Å²) in [5.74, 6) is 0.795. The Labute approximate surface area is 65.5 Å². The lowest BCUT2D eigenvalue weighted by Gasteiger charge is -2.02. The van der Waals surface area contributed by atoms with Gasteiger partial charge in [-0.15, -0.1) is 0 Å². The normalized spacial score (nSPS) is 13.3. The lowest BCUT2D eigenvalue weighted by molar-refractivity contribution is 0.420. The fourth-order valence-electron chi connectivity index (χ4n) is 0.865. The van der Waals surface area contributed by atoms with Gasteiger partial charge in [0.05, 0.1) is 5.69 Å². The first-order valence-corrected chi connectivity index (χ1v) is 3.63. The summed E-state index contributed by atoms with van der Waals surface area (Å²) in [7, 11) is 0. The zero-order chi connectivity index (χ0) is 8.27. The molecule has 1 aromatic heterocycles. The third-order valence-corrected chi connectivity index (χ3v) is 1.54. The predicted molar refractivity (Wildman–Crippen MR) is 42.8 cm³/mol. The van der Waals surface area contributed by atoms with Gasteiger partial charge in [0.25, 0.3) is 0 Å². The fourth-order valence-corrected chi connectivity index (χ4v) is 0.865. The monoisotopic (exact) mass is 155 g/mol.